The Hall–Kier alpha value is -1.64. The Labute approximate surface area is 124 Å². The third-order valence-corrected chi connectivity index (χ3v) is 4.43. The van der Waals surface area contributed by atoms with Crippen LogP contribution >= 0.6 is 0 Å². The lowest BCUT2D eigenvalue weighted by Gasteiger charge is -2.16. The largest absolute Gasteiger partial charge is 0.465 e. The first-order valence-corrected chi connectivity index (χ1v) is 7.83. The van der Waals surface area contributed by atoms with E-state index in [1.807, 2.05) is 0 Å². The highest BCUT2D eigenvalue weighted by Gasteiger charge is 2.24. The maximum absolute atomic E-state index is 12.2. The van der Waals surface area contributed by atoms with Crippen LogP contribution in [0.25, 0.3) is 0 Å². The zero-order valence-electron chi connectivity index (χ0n) is 12.2. The van der Waals surface area contributed by atoms with Crippen LogP contribution in [0.2, 0.25) is 0 Å². The highest BCUT2D eigenvalue weighted by atomic mass is 32.2. The van der Waals surface area contributed by atoms with Crippen molar-refractivity contribution in [3.8, 4) is 0 Å². The van der Waals surface area contributed by atoms with Crippen molar-refractivity contribution in [2.75, 3.05) is 19.4 Å². The predicted octanol–water partition coefficient (Wildman–Crippen LogP) is 0.351. The Kier molecular flexibility index (Phi) is 5.70. The molecule has 0 heterocycles. The molecule has 21 heavy (non-hydrogen) atoms. The Morgan fingerprint density at radius 3 is 2.57 bits per heavy atom. The minimum atomic E-state index is -3.96. The number of sulfonamides is 1. The number of esters is 1. The molecule has 1 aromatic rings. The van der Waals surface area contributed by atoms with Crippen LogP contribution in [-0.4, -0.2) is 39.3 Å². The van der Waals surface area contributed by atoms with E-state index in [4.69, 9.17) is 5.73 Å². The third kappa shape index (κ3) is 4.42. The van der Waals surface area contributed by atoms with E-state index in [2.05, 4.69) is 9.46 Å². The molecule has 0 saturated heterocycles. The fourth-order valence-corrected chi connectivity index (χ4v) is 2.78. The van der Waals surface area contributed by atoms with Crippen LogP contribution in [0.5, 0.6) is 0 Å². The summed E-state index contributed by atoms with van der Waals surface area (Å²) in [6.45, 7) is 3.38. The second-order valence-corrected chi connectivity index (χ2v) is 6.65. The number of nitrogens with two attached hydrogens (primary N) is 1. The van der Waals surface area contributed by atoms with Gasteiger partial charge in [0.2, 0.25) is 10.0 Å². The number of aliphatic hydroxyl groups is 1. The van der Waals surface area contributed by atoms with Gasteiger partial charge in [-0.3, -0.25) is 0 Å². The molecular weight excluding hydrogens is 296 g/mol. The predicted molar refractivity (Wildman–Crippen MR) is 78.2 cm³/mol. The summed E-state index contributed by atoms with van der Waals surface area (Å²) in [5, 5.41) is 9.67. The van der Waals surface area contributed by atoms with Crippen molar-refractivity contribution in [1.82, 2.24) is 4.72 Å². The topological polar surface area (TPSA) is 119 Å². The van der Waals surface area contributed by atoms with Crippen LogP contribution in [0.15, 0.2) is 23.1 Å². The molecule has 0 bridgehead atoms. The number of carbonyl (C=O) groups excluding carboxylic acids is 1. The number of benzene rings is 1. The van der Waals surface area contributed by atoms with Crippen molar-refractivity contribution < 1.29 is 23.1 Å². The fraction of sp³-hybridized carbons (Fsp3) is 0.462. The number of methoxy groups -OCH3 is 1. The number of carbonyl (C=O) groups is 1. The van der Waals surface area contributed by atoms with E-state index in [-0.39, 0.29) is 28.6 Å². The van der Waals surface area contributed by atoms with Crippen molar-refractivity contribution in [2.24, 2.45) is 5.92 Å². The minimum Gasteiger partial charge on any atom is -0.465 e. The summed E-state index contributed by atoms with van der Waals surface area (Å²) < 4.78 is 31.3. The summed E-state index contributed by atoms with van der Waals surface area (Å²) in [5.74, 6) is -0.897. The Balaban J connectivity index is 3.11. The van der Waals surface area contributed by atoms with E-state index in [1.165, 1.54) is 18.2 Å². The first-order valence-electron chi connectivity index (χ1n) is 6.34. The van der Waals surface area contributed by atoms with Gasteiger partial charge in [-0.2, -0.15) is 0 Å². The van der Waals surface area contributed by atoms with Gasteiger partial charge in [0, 0.05) is 12.2 Å². The average Bonchev–Trinajstić information content (AvgIpc) is 2.43. The molecule has 4 N–H and O–H groups in total. The van der Waals surface area contributed by atoms with Crippen molar-refractivity contribution in [2.45, 2.75) is 24.8 Å². The molecule has 7 nitrogen and oxygen atoms in total. The molecule has 0 aliphatic carbocycles. The number of aliphatic hydroxyl groups excluding tert-OH is 1. The molecular formula is C13H20N2O5S. The lowest BCUT2D eigenvalue weighted by molar-refractivity contribution is 0.0596. The van der Waals surface area contributed by atoms with Gasteiger partial charge < -0.3 is 15.6 Å². The highest BCUT2D eigenvalue weighted by Crippen LogP contribution is 2.20. The van der Waals surface area contributed by atoms with Crippen molar-refractivity contribution in [3.63, 3.8) is 0 Å². The molecule has 1 unspecified atom stereocenters. The van der Waals surface area contributed by atoms with Gasteiger partial charge in [0.15, 0.2) is 0 Å². The van der Waals surface area contributed by atoms with Gasteiger partial charge in [-0.05, 0) is 24.1 Å². The van der Waals surface area contributed by atoms with Crippen LogP contribution in [-0.2, 0) is 14.8 Å². The zero-order valence-corrected chi connectivity index (χ0v) is 13.0. The number of anilines is 1. The van der Waals surface area contributed by atoms with E-state index in [9.17, 15) is 18.3 Å². The molecule has 8 heteroatoms. The molecule has 1 rings (SSSR count). The first kappa shape index (κ1) is 17.4. The quantitative estimate of drug-likeness (QED) is 0.515. The number of nitrogens with one attached hydrogen (secondary N) is 1. The summed E-state index contributed by atoms with van der Waals surface area (Å²) in [6, 6.07) is 3.84. The minimum absolute atomic E-state index is 0.0980. The SMILES string of the molecule is COC(=O)c1cc(N)ccc1S(=O)(=O)NCC(O)C(C)C. The number of rotatable bonds is 6. The van der Waals surface area contributed by atoms with E-state index in [0.29, 0.717) is 0 Å². The normalized spacial score (nSPS) is 13.2. The second-order valence-electron chi connectivity index (χ2n) is 4.91. The molecule has 118 valence electrons. The van der Waals surface area contributed by atoms with Gasteiger partial charge in [-0.1, -0.05) is 13.8 Å². The maximum atomic E-state index is 12.2. The number of hydrogen-bond acceptors (Lipinski definition) is 6. The Morgan fingerprint density at radius 1 is 1.43 bits per heavy atom. The van der Waals surface area contributed by atoms with E-state index >= 15 is 0 Å². The molecule has 0 aliphatic heterocycles. The van der Waals surface area contributed by atoms with Gasteiger partial charge in [-0.15, -0.1) is 0 Å². The maximum Gasteiger partial charge on any atom is 0.339 e. The molecule has 0 aliphatic rings. The summed E-state index contributed by atoms with van der Waals surface area (Å²) in [4.78, 5) is 11.4. The van der Waals surface area contributed by atoms with Gasteiger partial charge in [0.05, 0.1) is 23.7 Å². The fourth-order valence-electron chi connectivity index (χ4n) is 1.56. The Morgan fingerprint density at radius 2 is 2.05 bits per heavy atom. The van der Waals surface area contributed by atoms with Crippen molar-refractivity contribution in [1.29, 1.82) is 0 Å². The zero-order chi connectivity index (χ0) is 16.2. The lowest BCUT2D eigenvalue weighted by atomic mass is 10.1. The monoisotopic (exact) mass is 316 g/mol. The lowest BCUT2D eigenvalue weighted by Crippen LogP contribution is -2.35. The number of hydrogen-bond donors (Lipinski definition) is 3. The van der Waals surface area contributed by atoms with E-state index in [0.717, 1.165) is 7.11 Å². The molecule has 0 radical (unpaired) electrons. The molecule has 0 fully saturated rings. The molecule has 0 spiro atoms. The summed E-state index contributed by atoms with van der Waals surface area (Å²) in [6.07, 6.45) is -0.824. The summed E-state index contributed by atoms with van der Waals surface area (Å²) in [5.41, 5.74) is 5.66. The second kappa shape index (κ2) is 6.88. The van der Waals surface area contributed by atoms with Crippen molar-refractivity contribution in [3.05, 3.63) is 23.8 Å². The molecule has 0 amide bonds. The van der Waals surface area contributed by atoms with Gasteiger partial charge in [-0.25, -0.2) is 17.9 Å². The third-order valence-electron chi connectivity index (χ3n) is 2.95. The highest BCUT2D eigenvalue weighted by molar-refractivity contribution is 7.89. The van der Waals surface area contributed by atoms with E-state index < -0.39 is 22.1 Å². The molecule has 0 saturated carbocycles. The average molecular weight is 316 g/mol. The van der Waals surface area contributed by atoms with Crippen LogP contribution in [0.4, 0.5) is 5.69 Å². The summed E-state index contributed by atoms with van der Waals surface area (Å²) in [7, 11) is -2.81. The van der Waals surface area contributed by atoms with Crippen LogP contribution in [0.3, 0.4) is 0 Å². The van der Waals surface area contributed by atoms with Gasteiger partial charge in [0.1, 0.15) is 0 Å². The summed E-state index contributed by atoms with van der Waals surface area (Å²) >= 11 is 0. The number of ether oxygens (including phenoxy) is 1. The molecule has 0 aromatic heterocycles. The number of nitrogen functional groups attached to an aromatic ring is 1. The van der Waals surface area contributed by atoms with Crippen LogP contribution in [0, 0.1) is 5.92 Å². The standard InChI is InChI=1S/C13H20N2O5S/c1-8(2)11(16)7-15-21(18,19)12-5-4-9(14)6-10(12)13(17)20-3/h4-6,8,11,15-16H,7,14H2,1-3H3. The molecule has 1 aromatic carbocycles. The van der Waals surface area contributed by atoms with Crippen molar-refractivity contribution >= 4 is 21.7 Å². The van der Waals surface area contributed by atoms with Crippen LogP contribution < -0.4 is 10.5 Å². The molecule has 1 atom stereocenters. The van der Waals surface area contributed by atoms with Gasteiger partial charge >= 0.3 is 5.97 Å². The Bertz CT molecular complexity index is 613. The van der Waals surface area contributed by atoms with E-state index in [1.54, 1.807) is 13.8 Å². The smallest absolute Gasteiger partial charge is 0.339 e. The van der Waals surface area contributed by atoms with Gasteiger partial charge in [0.25, 0.3) is 0 Å². The first-order chi connectivity index (χ1) is 9.69. The van der Waals surface area contributed by atoms with Crippen LogP contribution in [0.1, 0.15) is 24.2 Å².